The van der Waals surface area contributed by atoms with Crippen LogP contribution in [0.3, 0.4) is 0 Å². The second-order valence-electron chi connectivity index (χ2n) is 4.67. The Morgan fingerprint density at radius 1 is 1.00 bits per heavy atom. The van der Waals surface area contributed by atoms with Gasteiger partial charge in [-0.05, 0) is 35.7 Å². The molecule has 1 N–H and O–H groups in total. The fourth-order valence-electron chi connectivity index (χ4n) is 2.03. The Bertz CT molecular complexity index is 623. The van der Waals surface area contributed by atoms with Crippen LogP contribution in [0.2, 0.25) is 0 Å². The summed E-state index contributed by atoms with van der Waals surface area (Å²) < 4.78 is 26.1. The van der Waals surface area contributed by atoms with Crippen molar-refractivity contribution in [2.75, 3.05) is 0 Å². The molecule has 0 unspecified atom stereocenters. The lowest BCUT2D eigenvalue weighted by atomic mass is 10.0. The normalized spacial score (nSPS) is 12.0. The number of hydrogen-bond acceptors (Lipinski definition) is 1. The molecule has 1 atom stereocenters. The van der Waals surface area contributed by atoms with Gasteiger partial charge in [0.05, 0.1) is 6.04 Å². The fourth-order valence-corrected chi connectivity index (χ4v) is 2.03. The lowest BCUT2D eigenvalue weighted by Gasteiger charge is -2.13. The topological polar surface area (TPSA) is 29.1 Å². The van der Waals surface area contributed by atoms with E-state index in [2.05, 4.69) is 5.32 Å². The Kier molecular flexibility index (Phi) is 4.13. The summed E-state index contributed by atoms with van der Waals surface area (Å²) >= 11 is 0. The van der Waals surface area contributed by atoms with E-state index in [1.165, 1.54) is 19.1 Å². The van der Waals surface area contributed by atoms with Crippen LogP contribution in [0.5, 0.6) is 0 Å². The molecule has 0 bridgehead atoms. The molecule has 0 aliphatic carbocycles. The van der Waals surface area contributed by atoms with E-state index in [9.17, 15) is 13.6 Å². The van der Waals surface area contributed by atoms with Crippen LogP contribution < -0.4 is 5.32 Å². The average molecular weight is 275 g/mol. The Balaban J connectivity index is 2.23. The van der Waals surface area contributed by atoms with Crippen LogP contribution in [0.4, 0.5) is 8.78 Å². The highest BCUT2D eigenvalue weighted by atomic mass is 19.2. The first-order valence-electron chi connectivity index (χ1n) is 6.30. The first-order chi connectivity index (χ1) is 9.47. The van der Waals surface area contributed by atoms with Gasteiger partial charge in [0.1, 0.15) is 0 Å². The molecule has 0 aliphatic rings. The zero-order valence-electron chi connectivity index (χ0n) is 11.3. The number of amides is 1. The van der Waals surface area contributed by atoms with Gasteiger partial charge in [-0.15, -0.1) is 0 Å². The summed E-state index contributed by atoms with van der Waals surface area (Å²) in [5, 5.41) is 2.79. The molecule has 0 radical (unpaired) electrons. The summed E-state index contributed by atoms with van der Waals surface area (Å²) in [6, 6.07) is 11.1. The van der Waals surface area contributed by atoms with Gasteiger partial charge in [0.15, 0.2) is 11.6 Å². The molecule has 0 aliphatic heterocycles. The van der Waals surface area contributed by atoms with Crippen LogP contribution in [-0.2, 0) is 4.79 Å². The fraction of sp³-hybridized carbons (Fsp3) is 0.188. The van der Waals surface area contributed by atoms with Gasteiger partial charge in [-0.3, -0.25) is 4.79 Å². The molecule has 0 saturated carbocycles. The minimum atomic E-state index is -0.863. The first kappa shape index (κ1) is 14.2. The maximum absolute atomic E-state index is 13.2. The van der Waals surface area contributed by atoms with Gasteiger partial charge >= 0.3 is 0 Å². The number of carbonyl (C=O) groups excluding carboxylic acids is 1. The van der Waals surface area contributed by atoms with E-state index in [-0.39, 0.29) is 11.9 Å². The van der Waals surface area contributed by atoms with Gasteiger partial charge < -0.3 is 5.32 Å². The molecule has 0 fully saturated rings. The summed E-state index contributed by atoms with van der Waals surface area (Å²) in [6.45, 7) is 3.35. The molecule has 0 saturated heterocycles. The van der Waals surface area contributed by atoms with Gasteiger partial charge in [0, 0.05) is 6.92 Å². The van der Waals surface area contributed by atoms with Crippen molar-refractivity contribution in [3.63, 3.8) is 0 Å². The summed E-state index contributed by atoms with van der Waals surface area (Å²) in [5.74, 6) is -1.81. The van der Waals surface area contributed by atoms with Crippen molar-refractivity contribution < 1.29 is 13.6 Å². The van der Waals surface area contributed by atoms with Crippen molar-refractivity contribution in [1.29, 1.82) is 0 Å². The smallest absolute Gasteiger partial charge is 0.217 e. The molecule has 20 heavy (non-hydrogen) atoms. The third-order valence-corrected chi connectivity index (χ3v) is 3.08. The number of carbonyl (C=O) groups is 1. The quantitative estimate of drug-likeness (QED) is 0.906. The van der Waals surface area contributed by atoms with Gasteiger partial charge in [-0.25, -0.2) is 8.78 Å². The van der Waals surface area contributed by atoms with E-state index in [0.29, 0.717) is 5.56 Å². The van der Waals surface area contributed by atoms with Crippen LogP contribution >= 0.6 is 0 Å². The van der Waals surface area contributed by atoms with Crippen molar-refractivity contribution in [3.05, 3.63) is 59.7 Å². The molecule has 2 nitrogen and oxygen atoms in total. The number of halogens is 2. The predicted octanol–water partition coefficient (Wildman–Crippen LogP) is 3.83. The highest BCUT2D eigenvalue weighted by Gasteiger charge is 2.08. The van der Waals surface area contributed by atoms with Crippen LogP contribution in [0.15, 0.2) is 42.5 Å². The van der Waals surface area contributed by atoms with E-state index in [1.54, 1.807) is 0 Å². The number of hydrogen-bond donors (Lipinski definition) is 1. The standard InChI is InChI=1S/C16H15F2NO/c1-10(19-11(2)20)12-3-5-13(6-4-12)14-7-8-15(17)16(18)9-14/h3-10H,1-2H3,(H,19,20)/t10-/m0/s1. The third kappa shape index (κ3) is 3.20. The molecule has 0 aromatic heterocycles. The van der Waals surface area contributed by atoms with Gasteiger partial charge in [0.2, 0.25) is 5.91 Å². The molecule has 2 aromatic carbocycles. The molecular formula is C16H15F2NO. The zero-order valence-corrected chi connectivity index (χ0v) is 11.3. The van der Waals surface area contributed by atoms with Crippen molar-refractivity contribution in [1.82, 2.24) is 5.32 Å². The van der Waals surface area contributed by atoms with Crippen LogP contribution in [0.25, 0.3) is 11.1 Å². The monoisotopic (exact) mass is 275 g/mol. The van der Waals surface area contributed by atoms with E-state index in [0.717, 1.165) is 17.2 Å². The van der Waals surface area contributed by atoms with E-state index < -0.39 is 11.6 Å². The Morgan fingerprint density at radius 2 is 1.60 bits per heavy atom. The van der Waals surface area contributed by atoms with Crippen molar-refractivity contribution in [2.45, 2.75) is 19.9 Å². The molecule has 2 aromatic rings. The second-order valence-corrected chi connectivity index (χ2v) is 4.67. The van der Waals surface area contributed by atoms with Crippen molar-refractivity contribution in [2.24, 2.45) is 0 Å². The predicted molar refractivity (Wildman–Crippen MR) is 74.0 cm³/mol. The maximum Gasteiger partial charge on any atom is 0.217 e. The van der Waals surface area contributed by atoms with Crippen LogP contribution in [-0.4, -0.2) is 5.91 Å². The minimum absolute atomic E-state index is 0.0912. The molecule has 1 amide bonds. The largest absolute Gasteiger partial charge is 0.350 e. The Labute approximate surface area is 116 Å². The van der Waals surface area contributed by atoms with Crippen LogP contribution in [0.1, 0.15) is 25.5 Å². The second kappa shape index (κ2) is 5.82. The Hall–Kier alpha value is -2.23. The molecule has 0 spiro atoms. The van der Waals surface area contributed by atoms with Crippen molar-refractivity contribution >= 4 is 5.91 Å². The maximum atomic E-state index is 13.2. The molecule has 2 rings (SSSR count). The summed E-state index contributed by atoms with van der Waals surface area (Å²) in [6.07, 6.45) is 0. The average Bonchev–Trinajstić information content (AvgIpc) is 2.41. The minimum Gasteiger partial charge on any atom is -0.350 e. The highest BCUT2D eigenvalue weighted by molar-refractivity contribution is 5.73. The zero-order chi connectivity index (χ0) is 14.7. The highest BCUT2D eigenvalue weighted by Crippen LogP contribution is 2.23. The summed E-state index contributed by atoms with van der Waals surface area (Å²) in [4.78, 5) is 11.0. The molecular weight excluding hydrogens is 260 g/mol. The first-order valence-corrected chi connectivity index (χ1v) is 6.30. The van der Waals surface area contributed by atoms with Gasteiger partial charge in [-0.1, -0.05) is 30.3 Å². The molecule has 0 heterocycles. The molecule has 104 valence electrons. The number of rotatable bonds is 3. The lowest BCUT2D eigenvalue weighted by molar-refractivity contribution is -0.119. The molecule has 4 heteroatoms. The number of nitrogens with one attached hydrogen (secondary N) is 1. The lowest BCUT2D eigenvalue weighted by Crippen LogP contribution is -2.23. The third-order valence-electron chi connectivity index (χ3n) is 3.08. The SMILES string of the molecule is CC(=O)N[C@@H](C)c1ccc(-c2ccc(F)c(F)c2)cc1. The van der Waals surface area contributed by atoms with Crippen LogP contribution in [0, 0.1) is 11.6 Å². The van der Waals surface area contributed by atoms with Gasteiger partial charge in [-0.2, -0.15) is 0 Å². The number of benzene rings is 2. The van der Waals surface area contributed by atoms with E-state index in [1.807, 2.05) is 31.2 Å². The summed E-state index contributed by atoms with van der Waals surface area (Å²) in [7, 11) is 0. The van der Waals surface area contributed by atoms with E-state index >= 15 is 0 Å². The van der Waals surface area contributed by atoms with Crippen molar-refractivity contribution in [3.8, 4) is 11.1 Å². The Morgan fingerprint density at radius 3 is 2.15 bits per heavy atom. The van der Waals surface area contributed by atoms with Gasteiger partial charge in [0.25, 0.3) is 0 Å². The summed E-state index contributed by atoms with van der Waals surface area (Å²) in [5.41, 5.74) is 2.36. The van der Waals surface area contributed by atoms with E-state index in [4.69, 9.17) is 0 Å².